The summed E-state index contributed by atoms with van der Waals surface area (Å²) in [6, 6.07) is 0. The maximum atomic E-state index is 10.8. The Morgan fingerprint density at radius 3 is 2.79 bits per heavy atom. The number of carboxylic acids is 1. The van der Waals surface area contributed by atoms with Crippen molar-refractivity contribution >= 4 is 5.97 Å². The molecule has 14 heavy (non-hydrogen) atoms. The summed E-state index contributed by atoms with van der Waals surface area (Å²) < 4.78 is 0. The maximum Gasteiger partial charge on any atom is 0.306 e. The van der Waals surface area contributed by atoms with E-state index in [2.05, 4.69) is 0 Å². The van der Waals surface area contributed by atoms with Crippen molar-refractivity contribution in [1.82, 2.24) is 0 Å². The van der Waals surface area contributed by atoms with E-state index in [0.29, 0.717) is 5.92 Å². The lowest BCUT2D eigenvalue weighted by atomic mass is 9.79. The van der Waals surface area contributed by atoms with Crippen LogP contribution in [0.4, 0.5) is 0 Å². The number of aliphatic carboxylic acids is 1. The fraction of sp³-hybridized carbons (Fsp3) is 0.909. The molecule has 0 radical (unpaired) electrons. The van der Waals surface area contributed by atoms with E-state index in [4.69, 9.17) is 10.8 Å². The van der Waals surface area contributed by atoms with Crippen molar-refractivity contribution in [2.75, 3.05) is 6.54 Å². The summed E-state index contributed by atoms with van der Waals surface area (Å²) in [5.74, 6) is -0.0449. The molecule has 0 aromatic heterocycles. The van der Waals surface area contributed by atoms with Gasteiger partial charge in [0.05, 0.1) is 5.92 Å². The first kappa shape index (κ1) is 11.5. The molecule has 0 spiro atoms. The molecule has 0 aliphatic heterocycles. The van der Waals surface area contributed by atoms with Crippen LogP contribution in [-0.2, 0) is 4.79 Å². The van der Waals surface area contributed by atoms with Crippen molar-refractivity contribution in [3.8, 4) is 0 Å². The summed E-state index contributed by atoms with van der Waals surface area (Å²) >= 11 is 0. The largest absolute Gasteiger partial charge is 0.481 e. The first-order valence-electron chi connectivity index (χ1n) is 5.67. The summed E-state index contributed by atoms with van der Waals surface area (Å²) in [5, 5.41) is 8.91. The molecule has 1 rings (SSSR count). The van der Waals surface area contributed by atoms with Crippen LogP contribution in [0.15, 0.2) is 0 Å². The van der Waals surface area contributed by atoms with Gasteiger partial charge in [0, 0.05) is 0 Å². The van der Waals surface area contributed by atoms with E-state index in [1.807, 2.05) is 0 Å². The van der Waals surface area contributed by atoms with Crippen LogP contribution < -0.4 is 5.73 Å². The lowest BCUT2D eigenvalue weighted by molar-refractivity contribution is -0.143. The second-order valence-corrected chi connectivity index (χ2v) is 4.35. The molecular formula is C11H21NO2. The summed E-state index contributed by atoms with van der Waals surface area (Å²) in [5.41, 5.74) is 5.43. The number of carbonyl (C=O) groups is 1. The first-order chi connectivity index (χ1) is 6.74. The molecule has 0 heterocycles. The van der Waals surface area contributed by atoms with Crippen LogP contribution in [-0.4, -0.2) is 17.6 Å². The van der Waals surface area contributed by atoms with Gasteiger partial charge in [-0.2, -0.15) is 0 Å². The minimum atomic E-state index is -0.603. The Labute approximate surface area is 85.7 Å². The third-order valence-corrected chi connectivity index (χ3v) is 3.20. The Morgan fingerprint density at radius 2 is 2.14 bits per heavy atom. The molecule has 2 unspecified atom stereocenters. The number of hydrogen-bond donors (Lipinski definition) is 2. The van der Waals surface area contributed by atoms with Gasteiger partial charge >= 0.3 is 5.97 Å². The smallest absolute Gasteiger partial charge is 0.306 e. The second-order valence-electron chi connectivity index (χ2n) is 4.35. The van der Waals surface area contributed by atoms with Gasteiger partial charge in [-0.25, -0.2) is 0 Å². The average Bonchev–Trinajstić information content (AvgIpc) is 2.19. The summed E-state index contributed by atoms with van der Waals surface area (Å²) in [4.78, 5) is 10.8. The molecule has 2 atom stereocenters. The van der Waals surface area contributed by atoms with Gasteiger partial charge in [-0.05, 0) is 31.7 Å². The molecule has 82 valence electrons. The predicted molar refractivity (Wildman–Crippen MR) is 56.0 cm³/mol. The fourth-order valence-corrected chi connectivity index (χ4v) is 2.35. The number of rotatable bonds is 5. The minimum absolute atomic E-state index is 0.0772. The highest BCUT2D eigenvalue weighted by molar-refractivity contribution is 5.70. The van der Waals surface area contributed by atoms with Crippen LogP contribution in [0.2, 0.25) is 0 Å². The zero-order valence-corrected chi connectivity index (χ0v) is 8.74. The van der Waals surface area contributed by atoms with Crippen LogP contribution in [0, 0.1) is 11.8 Å². The molecule has 0 aromatic carbocycles. The van der Waals surface area contributed by atoms with Crippen LogP contribution in [0.3, 0.4) is 0 Å². The normalized spacial score (nSPS) is 27.5. The van der Waals surface area contributed by atoms with Crippen molar-refractivity contribution in [3.05, 3.63) is 0 Å². The first-order valence-corrected chi connectivity index (χ1v) is 5.67. The van der Waals surface area contributed by atoms with Crippen LogP contribution >= 0.6 is 0 Å². The Balaban J connectivity index is 2.22. The number of nitrogens with two attached hydrogens (primary N) is 1. The van der Waals surface area contributed by atoms with Crippen molar-refractivity contribution < 1.29 is 9.90 Å². The van der Waals surface area contributed by atoms with E-state index in [9.17, 15) is 4.79 Å². The summed E-state index contributed by atoms with van der Waals surface area (Å²) in [6.07, 6.45) is 7.48. The lowest BCUT2D eigenvalue weighted by Crippen LogP contribution is -2.22. The van der Waals surface area contributed by atoms with E-state index in [0.717, 1.165) is 38.6 Å². The number of unbranched alkanes of at least 4 members (excludes halogenated alkanes) is 1. The molecule has 0 aromatic rings. The third kappa shape index (κ3) is 3.66. The highest BCUT2D eigenvalue weighted by Crippen LogP contribution is 2.32. The summed E-state index contributed by atoms with van der Waals surface area (Å²) in [6.45, 7) is 0.759. The Hall–Kier alpha value is -0.570. The van der Waals surface area contributed by atoms with Gasteiger partial charge in [0.1, 0.15) is 0 Å². The van der Waals surface area contributed by atoms with Crippen molar-refractivity contribution in [1.29, 1.82) is 0 Å². The van der Waals surface area contributed by atoms with Gasteiger partial charge in [-0.3, -0.25) is 4.79 Å². The molecule has 1 fully saturated rings. The minimum Gasteiger partial charge on any atom is -0.481 e. The monoisotopic (exact) mass is 199 g/mol. The van der Waals surface area contributed by atoms with E-state index in [-0.39, 0.29) is 5.92 Å². The second kappa shape index (κ2) is 6.02. The molecule has 3 N–H and O–H groups in total. The number of carboxylic acid groups (broad SMARTS) is 1. The average molecular weight is 199 g/mol. The van der Waals surface area contributed by atoms with Crippen LogP contribution in [0.5, 0.6) is 0 Å². The van der Waals surface area contributed by atoms with E-state index < -0.39 is 5.97 Å². The van der Waals surface area contributed by atoms with Crippen molar-refractivity contribution in [2.24, 2.45) is 17.6 Å². The molecule has 3 heteroatoms. The summed E-state index contributed by atoms with van der Waals surface area (Å²) in [7, 11) is 0. The third-order valence-electron chi connectivity index (χ3n) is 3.20. The molecular weight excluding hydrogens is 178 g/mol. The predicted octanol–water partition coefficient (Wildman–Crippen LogP) is 2.01. The molecule has 0 bridgehead atoms. The zero-order chi connectivity index (χ0) is 10.4. The van der Waals surface area contributed by atoms with Gasteiger partial charge in [0.15, 0.2) is 0 Å². The van der Waals surface area contributed by atoms with E-state index in [1.165, 1.54) is 12.8 Å². The SMILES string of the molecule is NCCCCC1CCCC(C(=O)O)C1. The van der Waals surface area contributed by atoms with E-state index in [1.54, 1.807) is 0 Å². The standard InChI is InChI=1S/C11H21NO2/c12-7-2-1-4-9-5-3-6-10(8-9)11(13)14/h9-10H,1-8,12H2,(H,13,14). The molecule has 3 nitrogen and oxygen atoms in total. The van der Waals surface area contributed by atoms with Gasteiger partial charge in [0.2, 0.25) is 0 Å². The number of hydrogen-bond acceptors (Lipinski definition) is 2. The lowest BCUT2D eigenvalue weighted by Gasteiger charge is -2.26. The van der Waals surface area contributed by atoms with Crippen LogP contribution in [0.25, 0.3) is 0 Å². The van der Waals surface area contributed by atoms with Gasteiger partial charge in [-0.15, -0.1) is 0 Å². The topological polar surface area (TPSA) is 63.3 Å². The highest BCUT2D eigenvalue weighted by Gasteiger charge is 2.26. The van der Waals surface area contributed by atoms with Crippen molar-refractivity contribution in [2.45, 2.75) is 44.9 Å². The zero-order valence-electron chi connectivity index (χ0n) is 8.74. The van der Waals surface area contributed by atoms with Crippen LogP contribution in [0.1, 0.15) is 44.9 Å². The Morgan fingerprint density at radius 1 is 1.36 bits per heavy atom. The molecule has 1 aliphatic carbocycles. The Bertz CT molecular complexity index is 182. The molecule has 1 saturated carbocycles. The maximum absolute atomic E-state index is 10.8. The highest BCUT2D eigenvalue weighted by atomic mass is 16.4. The van der Waals surface area contributed by atoms with Crippen molar-refractivity contribution in [3.63, 3.8) is 0 Å². The quantitative estimate of drug-likeness (QED) is 0.666. The molecule has 0 saturated heterocycles. The fourth-order valence-electron chi connectivity index (χ4n) is 2.35. The van der Waals surface area contributed by atoms with Gasteiger partial charge in [0.25, 0.3) is 0 Å². The van der Waals surface area contributed by atoms with E-state index >= 15 is 0 Å². The van der Waals surface area contributed by atoms with Gasteiger partial charge < -0.3 is 10.8 Å². The molecule has 1 aliphatic rings. The Kier molecular flexibility index (Phi) is 4.94. The molecule has 0 amide bonds. The van der Waals surface area contributed by atoms with Gasteiger partial charge in [-0.1, -0.05) is 25.7 Å².